The zero-order valence-corrected chi connectivity index (χ0v) is 7.19. The minimum absolute atomic E-state index is 0.0276. The van der Waals surface area contributed by atoms with Crippen LogP contribution in [0.5, 0.6) is 0 Å². The normalized spacial score (nSPS) is 24.7. The highest BCUT2D eigenvalue weighted by Gasteiger charge is 2.24. The molecule has 2 heterocycles. The fourth-order valence-electron chi connectivity index (χ4n) is 1.16. The van der Waals surface area contributed by atoms with E-state index in [0.717, 1.165) is 0 Å². The Hall–Kier alpha value is -1.42. The van der Waals surface area contributed by atoms with Crippen molar-refractivity contribution in [2.75, 3.05) is 0 Å². The summed E-state index contributed by atoms with van der Waals surface area (Å²) in [6.07, 6.45) is 4.60. The maximum absolute atomic E-state index is 10.5. The van der Waals surface area contributed by atoms with Crippen molar-refractivity contribution in [2.24, 2.45) is 9.98 Å². The molecule has 1 atom stereocenters. The van der Waals surface area contributed by atoms with Crippen LogP contribution in [0, 0.1) is 0 Å². The van der Waals surface area contributed by atoms with Crippen molar-refractivity contribution in [3.05, 3.63) is 22.9 Å². The van der Waals surface area contributed by atoms with Gasteiger partial charge in [0.2, 0.25) is 0 Å². The SMILES string of the molecule is O=C(O)C1=C[C@@H]2N=CC(Cl)=CC2=N1. The molecule has 5 heteroatoms. The number of carboxylic acid groups (broad SMARTS) is 1. The molecule has 66 valence electrons. The van der Waals surface area contributed by atoms with Crippen molar-refractivity contribution < 1.29 is 9.90 Å². The molecule has 0 saturated heterocycles. The molecule has 1 N–H and O–H groups in total. The number of rotatable bonds is 1. The molecule has 0 saturated carbocycles. The van der Waals surface area contributed by atoms with Crippen molar-refractivity contribution in [1.82, 2.24) is 0 Å². The van der Waals surface area contributed by atoms with E-state index in [1.165, 1.54) is 12.3 Å². The summed E-state index contributed by atoms with van der Waals surface area (Å²) >= 11 is 5.67. The van der Waals surface area contributed by atoms with Gasteiger partial charge in [-0.15, -0.1) is 0 Å². The summed E-state index contributed by atoms with van der Waals surface area (Å²) in [5.41, 5.74) is 0.615. The monoisotopic (exact) mass is 196 g/mol. The highest BCUT2D eigenvalue weighted by molar-refractivity contribution is 6.41. The van der Waals surface area contributed by atoms with E-state index < -0.39 is 5.97 Å². The van der Waals surface area contributed by atoms with Gasteiger partial charge >= 0.3 is 5.97 Å². The number of allylic oxidation sites excluding steroid dienone is 1. The number of halogens is 1. The van der Waals surface area contributed by atoms with Crippen LogP contribution in [0.25, 0.3) is 0 Å². The molecular weight excluding hydrogens is 192 g/mol. The molecule has 0 amide bonds. The number of nitrogens with zero attached hydrogens (tertiary/aromatic N) is 2. The smallest absolute Gasteiger partial charge is 0.354 e. The van der Waals surface area contributed by atoms with Crippen LogP contribution in [0.4, 0.5) is 0 Å². The average Bonchev–Trinajstić information content (AvgIpc) is 2.46. The highest BCUT2D eigenvalue weighted by atomic mass is 35.5. The fourth-order valence-corrected chi connectivity index (χ4v) is 1.33. The Balaban J connectivity index is 2.36. The topological polar surface area (TPSA) is 62.0 Å². The van der Waals surface area contributed by atoms with Gasteiger partial charge in [-0.05, 0) is 12.2 Å². The predicted octanol–water partition coefficient (Wildman–Crippen LogP) is 0.985. The van der Waals surface area contributed by atoms with E-state index in [9.17, 15) is 4.79 Å². The highest BCUT2D eigenvalue weighted by Crippen LogP contribution is 2.19. The van der Waals surface area contributed by atoms with Gasteiger partial charge in [-0.3, -0.25) is 4.99 Å². The summed E-state index contributed by atoms with van der Waals surface area (Å²) in [5, 5.41) is 9.11. The van der Waals surface area contributed by atoms with Gasteiger partial charge in [0.25, 0.3) is 0 Å². The lowest BCUT2D eigenvalue weighted by Gasteiger charge is -2.06. The second-order valence-corrected chi connectivity index (χ2v) is 3.08. The first kappa shape index (κ1) is 8.19. The molecule has 0 aliphatic carbocycles. The quantitative estimate of drug-likeness (QED) is 0.680. The van der Waals surface area contributed by atoms with Crippen LogP contribution < -0.4 is 0 Å². The van der Waals surface area contributed by atoms with Crippen LogP contribution >= 0.6 is 11.6 Å². The molecule has 0 radical (unpaired) electrons. The zero-order valence-electron chi connectivity index (χ0n) is 6.44. The van der Waals surface area contributed by atoms with Gasteiger partial charge in [0.15, 0.2) is 0 Å². The first-order valence-corrected chi connectivity index (χ1v) is 3.98. The largest absolute Gasteiger partial charge is 0.477 e. The van der Waals surface area contributed by atoms with Gasteiger partial charge < -0.3 is 5.11 Å². The summed E-state index contributed by atoms with van der Waals surface area (Å²) in [4.78, 5) is 18.4. The molecule has 4 nitrogen and oxygen atoms in total. The van der Waals surface area contributed by atoms with E-state index in [1.807, 2.05) is 0 Å². The zero-order chi connectivity index (χ0) is 9.42. The Kier molecular flexibility index (Phi) is 1.77. The summed E-state index contributed by atoms with van der Waals surface area (Å²) < 4.78 is 0. The lowest BCUT2D eigenvalue weighted by molar-refractivity contribution is -0.132. The van der Waals surface area contributed by atoms with Crippen molar-refractivity contribution in [3.63, 3.8) is 0 Å². The molecule has 2 rings (SSSR count). The van der Waals surface area contributed by atoms with Crippen LogP contribution in [0.3, 0.4) is 0 Å². The van der Waals surface area contributed by atoms with Gasteiger partial charge in [0.05, 0.1) is 10.7 Å². The van der Waals surface area contributed by atoms with Crippen molar-refractivity contribution in [3.8, 4) is 0 Å². The molecule has 0 aromatic rings. The minimum Gasteiger partial charge on any atom is -0.477 e. The number of hydrogen-bond acceptors (Lipinski definition) is 3. The molecule has 0 aromatic carbocycles. The number of hydrogen-bond donors (Lipinski definition) is 1. The second-order valence-electron chi connectivity index (χ2n) is 2.65. The molecule has 0 aromatic heterocycles. The number of aliphatic imine (C=N–C) groups is 2. The summed E-state index contributed by atoms with van der Waals surface area (Å²) in [5.74, 6) is -1.04. The number of carboxylic acids is 1. The van der Waals surface area contributed by atoms with Gasteiger partial charge in [0, 0.05) is 6.21 Å². The van der Waals surface area contributed by atoms with E-state index in [2.05, 4.69) is 9.98 Å². The van der Waals surface area contributed by atoms with Crippen LogP contribution in [-0.4, -0.2) is 29.0 Å². The van der Waals surface area contributed by atoms with Crippen molar-refractivity contribution in [2.45, 2.75) is 6.04 Å². The number of fused-ring (bicyclic) bond motifs is 1. The van der Waals surface area contributed by atoms with E-state index in [1.54, 1.807) is 6.08 Å². The second kappa shape index (κ2) is 2.81. The van der Waals surface area contributed by atoms with E-state index >= 15 is 0 Å². The van der Waals surface area contributed by atoms with Crippen LogP contribution in [0.2, 0.25) is 0 Å². The molecular formula is C8H5ClN2O2. The summed E-state index contributed by atoms with van der Waals surface area (Å²) in [7, 11) is 0. The molecule has 0 bridgehead atoms. The van der Waals surface area contributed by atoms with Gasteiger partial charge in [-0.25, -0.2) is 9.79 Å². The Labute approximate surface area is 79.0 Å². The number of aliphatic carboxylic acids is 1. The molecule has 0 fully saturated rings. The van der Waals surface area contributed by atoms with E-state index in [4.69, 9.17) is 16.7 Å². The van der Waals surface area contributed by atoms with Crippen LogP contribution in [0.15, 0.2) is 32.9 Å². The first-order chi connectivity index (χ1) is 6.16. The fraction of sp³-hybridized carbons (Fsp3) is 0.125. The summed E-state index contributed by atoms with van der Waals surface area (Å²) in [6, 6.07) is -0.270. The van der Waals surface area contributed by atoms with Crippen molar-refractivity contribution in [1.29, 1.82) is 0 Å². The third-order valence-corrected chi connectivity index (χ3v) is 1.94. The lowest BCUT2D eigenvalue weighted by Crippen LogP contribution is -2.14. The Morgan fingerprint density at radius 1 is 1.62 bits per heavy atom. The molecule has 0 spiro atoms. The van der Waals surface area contributed by atoms with E-state index in [-0.39, 0.29) is 11.7 Å². The standard InChI is InChI=1S/C8H5ClN2O2/c9-4-1-6-5(10-3-4)2-7(11-6)8(12)13/h1-3,5H,(H,12,13)/t5-/m0/s1. The van der Waals surface area contributed by atoms with Crippen LogP contribution in [-0.2, 0) is 4.79 Å². The Morgan fingerprint density at radius 3 is 3.08 bits per heavy atom. The third kappa shape index (κ3) is 1.40. The summed E-state index contributed by atoms with van der Waals surface area (Å²) in [6.45, 7) is 0. The Bertz CT molecular complexity index is 393. The molecule has 0 unspecified atom stereocenters. The van der Waals surface area contributed by atoms with Gasteiger partial charge in [0.1, 0.15) is 11.7 Å². The Morgan fingerprint density at radius 2 is 2.38 bits per heavy atom. The average molecular weight is 197 g/mol. The van der Waals surface area contributed by atoms with Gasteiger partial charge in [-0.1, -0.05) is 11.6 Å². The molecule has 13 heavy (non-hydrogen) atoms. The van der Waals surface area contributed by atoms with Gasteiger partial charge in [-0.2, -0.15) is 0 Å². The lowest BCUT2D eigenvalue weighted by atomic mass is 10.1. The predicted molar refractivity (Wildman–Crippen MR) is 49.4 cm³/mol. The third-order valence-electron chi connectivity index (χ3n) is 1.73. The maximum Gasteiger partial charge on any atom is 0.354 e. The minimum atomic E-state index is -1.04. The van der Waals surface area contributed by atoms with Crippen molar-refractivity contribution >= 4 is 29.5 Å². The number of dihydropyridines is 1. The van der Waals surface area contributed by atoms with E-state index in [0.29, 0.717) is 10.7 Å². The van der Waals surface area contributed by atoms with Crippen LogP contribution in [0.1, 0.15) is 0 Å². The molecule has 2 aliphatic heterocycles. The number of carbonyl (C=O) groups is 1. The molecule has 2 aliphatic rings. The maximum atomic E-state index is 10.5. The first-order valence-electron chi connectivity index (χ1n) is 3.61.